The van der Waals surface area contributed by atoms with Crippen LogP contribution in [0.25, 0.3) is 0 Å². The van der Waals surface area contributed by atoms with Crippen molar-refractivity contribution in [2.75, 3.05) is 7.11 Å². The molecule has 18 heavy (non-hydrogen) atoms. The Morgan fingerprint density at radius 1 is 1.11 bits per heavy atom. The fourth-order valence-electron chi connectivity index (χ4n) is 1.96. The zero-order valence-corrected chi connectivity index (χ0v) is 10.6. The molecule has 2 heteroatoms. The summed E-state index contributed by atoms with van der Waals surface area (Å²) in [7, 11) is 1.63. The summed E-state index contributed by atoms with van der Waals surface area (Å²) in [5.74, 6) is 0.853. The van der Waals surface area contributed by atoms with E-state index in [4.69, 9.17) is 4.74 Å². The molecule has 0 unspecified atom stereocenters. The van der Waals surface area contributed by atoms with Crippen molar-refractivity contribution in [3.63, 3.8) is 0 Å². The third-order valence-corrected chi connectivity index (χ3v) is 2.97. The van der Waals surface area contributed by atoms with Crippen LogP contribution in [0.15, 0.2) is 48.5 Å². The Labute approximate surface area is 107 Å². The maximum Gasteiger partial charge on any atom is 0.193 e. The molecule has 2 nitrogen and oxygen atoms in total. The van der Waals surface area contributed by atoms with Gasteiger partial charge in [-0.3, -0.25) is 4.79 Å². The number of carbonyl (C=O) groups is 1. The zero-order chi connectivity index (χ0) is 13.0. The average Bonchev–Trinajstić information content (AvgIpc) is 2.46. The molecule has 0 aromatic heterocycles. The number of hydrogen-bond donors (Lipinski definition) is 0. The quantitative estimate of drug-likeness (QED) is 0.765. The number of methoxy groups -OCH3 is 1. The molecule has 0 bridgehead atoms. The lowest BCUT2D eigenvalue weighted by Gasteiger charge is -2.09. The van der Waals surface area contributed by atoms with Crippen molar-refractivity contribution >= 4 is 5.78 Å². The van der Waals surface area contributed by atoms with Crippen molar-refractivity contribution in [2.24, 2.45) is 0 Å². The molecule has 0 heterocycles. The lowest BCUT2D eigenvalue weighted by atomic mass is 9.97. The Balaban J connectivity index is 2.42. The van der Waals surface area contributed by atoms with Gasteiger partial charge in [0.15, 0.2) is 5.78 Å². The van der Waals surface area contributed by atoms with Crippen LogP contribution >= 0.6 is 0 Å². The van der Waals surface area contributed by atoms with Gasteiger partial charge >= 0.3 is 0 Å². The number of ether oxygens (including phenoxy) is 1. The summed E-state index contributed by atoms with van der Waals surface area (Å²) in [5, 5.41) is 0. The minimum absolute atomic E-state index is 0.0649. The highest BCUT2D eigenvalue weighted by Crippen LogP contribution is 2.21. The van der Waals surface area contributed by atoms with Gasteiger partial charge in [-0.05, 0) is 30.2 Å². The fraction of sp³-hybridized carbons (Fsp3) is 0.188. The van der Waals surface area contributed by atoms with Gasteiger partial charge in [0.25, 0.3) is 0 Å². The van der Waals surface area contributed by atoms with Crippen LogP contribution in [0.1, 0.15) is 28.4 Å². The first-order valence-corrected chi connectivity index (χ1v) is 6.03. The highest BCUT2D eigenvalue weighted by Gasteiger charge is 2.13. The van der Waals surface area contributed by atoms with E-state index in [0.29, 0.717) is 0 Å². The Hall–Kier alpha value is -2.09. The van der Waals surface area contributed by atoms with Crippen LogP contribution in [0.2, 0.25) is 0 Å². The van der Waals surface area contributed by atoms with E-state index in [2.05, 4.69) is 0 Å². The molecule has 0 aliphatic carbocycles. The Morgan fingerprint density at radius 2 is 1.83 bits per heavy atom. The van der Waals surface area contributed by atoms with Crippen LogP contribution in [0.4, 0.5) is 0 Å². The normalized spacial score (nSPS) is 10.1. The third kappa shape index (κ3) is 2.43. The first-order valence-electron chi connectivity index (χ1n) is 6.03. The summed E-state index contributed by atoms with van der Waals surface area (Å²) in [6.45, 7) is 2.04. The Morgan fingerprint density at radius 3 is 2.44 bits per heavy atom. The van der Waals surface area contributed by atoms with E-state index in [1.807, 2.05) is 55.5 Å². The molecular weight excluding hydrogens is 224 g/mol. The van der Waals surface area contributed by atoms with E-state index in [1.165, 1.54) is 0 Å². The van der Waals surface area contributed by atoms with Crippen molar-refractivity contribution in [3.05, 3.63) is 65.2 Å². The zero-order valence-electron chi connectivity index (χ0n) is 10.6. The van der Waals surface area contributed by atoms with Crippen molar-refractivity contribution in [1.29, 1.82) is 0 Å². The van der Waals surface area contributed by atoms with Crippen molar-refractivity contribution in [3.8, 4) is 5.75 Å². The van der Waals surface area contributed by atoms with Gasteiger partial charge in [-0.25, -0.2) is 0 Å². The maximum atomic E-state index is 12.4. The first kappa shape index (κ1) is 12.4. The fourth-order valence-corrected chi connectivity index (χ4v) is 1.96. The predicted octanol–water partition coefficient (Wildman–Crippen LogP) is 3.49. The standard InChI is InChI=1S/C16H16O2/c1-3-12-11-14(18-2)9-10-15(12)16(17)13-7-5-4-6-8-13/h4-11H,3H2,1-2H3. The smallest absolute Gasteiger partial charge is 0.193 e. The molecule has 2 aromatic rings. The molecule has 0 radical (unpaired) electrons. The minimum atomic E-state index is 0.0649. The van der Waals surface area contributed by atoms with Crippen LogP contribution < -0.4 is 4.74 Å². The summed E-state index contributed by atoms with van der Waals surface area (Å²) >= 11 is 0. The Kier molecular flexibility index (Phi) is 3.78. The molecule has 0 saturated heterocycles. The van der Waals surface area contributed by atoms with Crippen LogP contribution in [0, 0.1) is 0 Å². The molecule has 92 valence electrons. The van der Waals surface area contributed by atoms with Gasteiger partial charge < -0.3 is 4.74 Å². The number of hydrogen-bond acceptors (Lipinski definition) is 2. The Bertz CT molecular complexity index is 544. The van der Waals surface area contributed by atoms with E-state index < -0.39 is 0 Å². The van der Waals surface area contributed by atoms with E-state index in [0.717, 1.165) is 28.9 Å². The van der Waals surface area contributed by atoms with Gasteiger partial charge in [0.2, 0.25) is 0 Å². The number of ketones is 1. The summed E-state index contributed by atoms with van der Waals surface area (Å²) in [5.41, 5.74) is 2.49. The van der Waals surface area contributed by atoms with Crippen molar-refractivity contribution < 1.29 is 9.53 Å². The summed E-state index contributed by atoms with van der Waals surface area (Å²) < 4.78 is 5.19. The molecule has 0 atom stereocenters. The molecule has 0 N–H and O–H groups in total. The SMILES string of the molecule is CCc1cc(OC)ccc1C(=O)c1ccccc1. The van der Waals surface area contributed by atoms with Crippen LogP contribution in [-0.4, -0.2) is 12.9 Å². The lowest BCUT2D eigenvalue weighted by Crippen LogP contribution is -2.05. The van der Waals surface area contributed by atoms with E-state index in [9.17, 15) is 4.79 Å². The summed E-state index contributed by atoms with van der Waals surface area (Å²) in [6.07, 6.45) is 0.811. The lowest BCUT2D eigenvalue weighted by molar-refractivity contribution is 0.103. The monoisotopic (exact) mass is 240 g/mol. The van der Waals surface area contributed by atoms with Gasteiger partial charge in [-0.1, -0.05) is 37.3 Å². The molecule has 0 spiro atoms. The minimum Gasteiger partial charge on any atom is -0.497 e. The van der Waals surface area contributed by atoms with Gasteiger partial charge in [-0.2, -0.15) is 0 Å². The molecule has 0 aliphatic rings. The molecule has 0 amide bonds. The molecule has 0 saturated carbocycles. The van der Waals surface area contributed by atoms with Crippen LogP contribution in [0.3, 0.4) is 0 Å². The van der Waals surface area contributed by atoms with Crippen molar-refractivity contribution in [2.45, 2.75) is 13.3 Å². The highest BCUT2D eigenvalue weighted by molar-refractivity contribution is 6.10. The molecule has 2 aromatic carbocycles. The molecule has 0 fully saturated rings. The van der Waals surface area contributed by atoms with Gasteiger partial charge in [0, 0.05) is 11.1 Å². The number of rotatable bonds is 4. The summed E-state index contributed by atoms with van der Waals surface area (Å²) in [6, 6.07) is 14.9. The van der Waals surface area contributed by atoms with Gasteiger partial charge in [-0.15, -0.1) is 0 Å². The molecular formula is C16H16O2. The topological polar surface area (TPSA) is 26.3 Å². The van der Waals surface area contributed by atoms with E-state index >= 15 is 0 Å². The highest BCUT2D eigenvalue weighted by atomic mass is 16.5. The first-order chi connectivity index (χ1) is 8.76. The number of carbonyl (C=O) groups excluding carboxylic acids is 1. The number of benzene rings is 2. The van der Waals surface area contributed by atoms with E-state index in [1.54, 1.807) is 7.11 Å². The summed E-state index contributed by atoms with van der Waals surface area (Å²) in [4.78, 5) is 12.4. The third-order valence-electron chi connectivity index (χ3n) is 2.97. The molecule has 2 rings (SSSR count). The van der Waals surface area contributed by atoms with Crippen LogP contribution in [0.5, 0.6) is 5.75 Å². The predicted molar refractivity (Wildman–Crippen MR) is 72.2 cm³/mol. The second-order valence-corrected chi connectivity index (χ2v) is 4.07. The maximum absolute atomic E-state index is 12.4. The molecule has 0 aliphatic heterocycles. The average molecular weight is 240 g/mol. The second kappa shape index (κ2) is 5.50. The van der Waals surface area contributed by atoms with E-state index in [-0.39, 0.29) is 5.78 Å². The van der Waals surface area contributed by atoms with Crippen molar-refractivity contribution in [1.82, 2.24) is 0 Å². The largest absolute Gasteiger partial charge is 0.497 e. The van der Waals surface area contributed by atoms with Gasteiger partial charge in [0.1, 0.15) is 5.75 Å². The number of aryl methyl sites for hydroxylation is 1. The van der Waals surface area contributed by atoms with Crippen LogP contribution in [-0.2, 0) is 6.42 Å². The second-order valence-electron chi connectivity index (χ2n) is 4.07. The van der Waals surface area contributed by atoms with Gasteiger partial charge in [0.05, 0.1) is 7.11 Å².